The minimum atomic E-state index is 0.872. The highest BCUT2D eigenvalue weighted by Crippen LogP contribution is 2.41. The van der Waals surface area contributed by atoms with Crippen LogP contribution in [0.2, 0.25) is 0 Å². The van der Waals surface area contributed by atoms with Crippen LogP contribution in [-0.2, 0) is 0 Å². The quantitative estimate of drug-likeness (QED) is 0.190. The van der Waals surface area contributed by atoms with E-state index in [0.29, 0.717) is 0 Å². The maximum absolute atomic E-state index is 6.36. The first-order valence-corrected chi connectivity index (χ1v) is 16.7. The molecule has 10 rings (SSSR count). The zero-order chi connectivity index (χ0) is 32.3. The van der Waals surface area contributed by atoms with Gasteiger partial charge in [0.15, 0.2) is 0 Å². The number of benzene rings is 8. The normalized spacial score (nSPS) is 11.7. The highest BCUT2D eigenvalue weighted by Gasteiger charge is 2.18. The van der Waals surface area contributed by atoms with Crippen molar-refractivity contribution in [3.63, 3.8) is 0 Å². The molecule has 10 aromatic rings. The summed E-state index contributed by atoms with van der Waals surface area (Å²) in [6.07, 6.45) is 0. The Morgan fingerprint density at radius 3 is 1.88 bits per heavy atom. The summed E-state index contributed by atoms with van der Waals surface area (Å²) in [5.74, 6) is 0. The Hall–Kier alpha value is -6.58. The average molecular weight is 627 g/mol. The molecule has 3 heteroatoms. The highest BCUT2D eigenvalue weighted by molar-refractivity contribution is 6.13. The van der Waals surface area contributed by atoms with E-state index in [2.05, 4.69) is 179 Å². The fraction of sp³-hybridized carbons (Fsp3) is 0. The van der Waals surface area contributed by atoms with Crippen LogP contribution in [0.4, 0.5) is 17.1 Å². The molecular weight excluding hydrogens is 597 g/mol. The van der Waals surface area contributed by atoms with Crippen molar-refractivity contribution in [2.45, 2.75) is 0 Å². The van der Waals surface area contributed by atoms with Gasteiger partial charge in [-0.3, -0.25) is 0 Å². The van der Waals surface area contributed by atoms with Gasteiger partial charge >= 0.3 is 0 Å². The molecule has 0 atom stereocenters. The summed E-state index contributed by atoms with van der Waals surface area (Å²) in [5.41, 5.74) is 10.8. The molecule has 2 aromatic heterocycles. The lowest BCUT2D eigenvalue weighted by atomic mass is 10.0. The van der Waals surface area contributed by atoms with E-state index < -0.39 is 0 Å². The van der Waals surface area contributed by atoms with Crippen LogP contribution in [0.1, 0.15) is 0 Å². The minimum absolute atomic E-state index is 0.872. The first-order chi connectivity index (χ1) is 24.3. The molecule has 8 aromatic carbocycles. The molecule has 0 saturated carbocycles. The summed E-state index contributed by atoms with van der Waals surface area (Å²) >= 11 is 0. The van der Waals surface area contributed by atoms with E-state index in [1.54, 1.807) is 0 Å². The van der Waals surface area contributed by atoms with Gasteiger partial charge < -0.3 is 13.9 Å². The Kier molecular flexibility index (Phi) is 6.18. The van der Waals surface area contributed by atoms with Crippen molar-refractivity contribution in [1.29, 1.82) is 0 Å². The molecule has 0 fully saturated rings. The van der Waals surface area contributed by atoms with E-state index in [1.165, 1.54) is 43.7 Å². The second-order valence-electron chi connectivity index (χ2n) is 12.6. The number of para-hydroxylation sites is 2. The molecule has 3 nitrogen and oxygen atoms in total. The summed E-state index contributed by atoms with van der Waals surface area (Å²) in [7, 11) is 0. The van der Waals surface area contributed by atoms with Crippen molar-refractivity contribution >= 4 is 71.6 Å². The van der Waals surface area contributed by atoms with Gasteiger partial charge in [-0.15, -0.1) is 0 Å². The number of furan rings is 1. The van der Waals surface area contributed by atoms with Gasteiger partial charge in [0.2, 0.25) is 0 Å². The highest BCUT2D eigenvalue weighted by atomic mass is 16.3. The molecule has 0 saturated heterocycles. The first kappa shape index (κ1) is 27.5. The number of aromatic nitrogens is 1. The largest absolute Gasteiger partial charge is 0.456 e. The van der Waals surface area contributed by atoms with Gasteiger partial charge in [0.1, 0.15) is 11.2 Å². The second kappa shape index (κ2) is 11.0. The van der Waals surface area contributed by atoms with E-state index >= 15 is 0 Å². The number of rotatable bonds is 5. The van der Waals surface area contributed by atoms with Crippen LogP contribution >= 0.6 is 0 Å². The number of nitrogens with zero attached hydrogens (tertiary/aromatic N) is 2. The fourth-order valence-electron chi connectivity index (χ4n) is 7.44. The van der Waals surface area contributed by atoms with Crippen LogP contribution in [0, 0.1) is 0 Å². The summed E-state index contributed by atoms with van der Waals surface area (Å²) in [6.45, 7) is 0. The third-order valence-electron chi connectivity index (χ3n) is 9.74. The van der Waals surface area contributed by atoms with Crippen LogP contribution in [0.3, 0.4) is 0 Å². The average Bonchev–Trinajstić information content (AvgIpc) is 3.70. The number of hydrogen-bond acceptors (Lipinski definition) is 2. The van der Waals surface area contributed by atoms with Crippen molar-refractivity contribution in [2.75, 3.05) is 4.90 Å². The molecule has 2 heterocycles. The molecule has 49 heavy (non-hydrogen) atoms. The van der Waals surface area contributed by atoms with Gasteiger partial charge in [0.05, 0.1) is 11.0 Å². The Labute approximate surface area is 283 Å². The van der Waals surface area contributed by atoms with E-state index in [0.717, 1.165) is 44.7 Å². The summed E-state index contributed by atoms with van der Waals surface area (Å²) < 4.78 is 8.75. The smallest absolute Gasteiger partial charge is 0.137 e. The first-order valence-electron chi connectivity index (χ1n) is 16.7. The van der Waals surface area contributed by atoms with Crippen molar-refractivity contribution < 1.29 is 4.42 Å². The van der Waals surface area contributed by atoms with Gasteiger partial charge in [0.25, 0.3) is 0 Å². The van der Waals surface area contributed by atoms with Crippen molar-refractivity contribution in [2.24, 2.45) is 0 Å². The fourth-order valence-corrected chi connectivity index (χ4v) is 7.44. The second-order valence-corrected chi connectivity index (χ2v) is 12.6. The third-order valence-corrected chi connectivity index (χ3v) is 9.74. The summed E-state index contributed by atoms with van der Waals surface area (Å²) in [4.78, 5) is 2.32. The summed E-state index contributed by atoms with van der Waals surface area (Å²) in [5, 5.41) is 7.25. The monoisotopic (exact) mass is 626 g/mol. The lowest BCUT2D eigenvalue weighted by molar-refractivity contribution is 0.669. The molecule has 0 amide bonds. The molecule has 0 radical (unpaired) electrons. The van der Waals surface area contributed by atoms with Crippen LogP contribution in [0.5, 0.6) is 0 Å². The SMILES string of the molecule is c1ccc(-c2cccc(N(c3ccc(-n4c5ccccc5c5cc6ccccc6cc54)cc3)c3ccc4c(c3)oc3ccccc34)c2)cc1. The van der Waals surface area contributed by atoms with Gasteiger partial charge in [-0.2, -0.15) is 0 Å². The molecule has 0 bridgehead atoms. The van der Waals surface area contributed by atoms with Gasteiger partial charge in [-0.05, 0) is 94.7 Å². The van der Waals surface area contributed by atoms with E-state index in [1.807, 2.05) is 12.1 Å². The van der Waals surface area contributed by atoms with Crippen molar-refractivity contribution in [3.05, 3.63) is 182 Å². The standard InChI is InChI=1S/C46H30N2O/c1-2-11-31(12-3-1)32-15-10-16-37(27-32)47(38-25-26-41-40-18-7-9-20-45(40)49-46(41)30-38)35-21-23-36(24-22-35)48-43-19-8-6-17-39(43)42-28-33-13-4-5-14-34(33)29-44(42)48/h1-30H. The Morgan fingerprint density at radius 1 is 0.367 bits per heavy atom. The lowest BCUT2D eigenvalue weighted by Gasteiger charge is -2.26. The third kappa shape index (κ3) is 4.51. The molecule has 0 aliphatic heterocycles. The Balaban J connectivity index is 1.15. The molecule has 0 aliphatic carbocycles. The number of hydrogen-bond donors (Lipinski definition) is 0. The van der Waals surface area contributed by atoms with Crippen LogP contribution in [-0.4, -0.2) is 4.57 Å². The van der Waals surface area contributed by atoms with Crippen molar-refractivity contribution in [1.82, 2.24) is 4.57 Å². The van der Waals surface area contributed by atoms with Crippen LogP contribution < -0.4 is 4.90 Å². The topological polar surface area (TPSA) is 21.3 Å². The predicted octanol–water partition coefficient (Wildman–Crippen LogP) is 13.0. The predicted molar refractivity (Wildman–Crippen MR) is 206 cm³/mol. The summed E-state index contributed by atoms with van der Waals surface area (Å²) in [6, 6.07) is 65.0. The van der Waals surface area contributed by atoms with Crippen LogP contribution in [0.15, 0.2) is 186 Å². The molecule has 0 N–H and O–H groups in total. The molecule has 230 valence electrons. The van der Waals surface area contributed by atoms with Crippen molar-refractivity contribution in [3.8, 4) is 16.8 Å². The Morgan fingerprint density at radius 2 is 1.02 bits per heavy atom. The van der Waals surface area contributed by atoms with Gasteiger partial charge in [0, 0.05) is 50.4 Å². The Bertz CT molecular complexity index is 2830. The minimum Gasteiger partial charge on any atom is -0.456 e. The lowest BCUT2D eigenvalue weighted by Crippen LogP contribution is -2.10. The van der Waals surface area contributed by atoms with Gasteiger partial charge in [-0.25, -0.2) is 0 Å². The number of anilines is 3. The van der Waals surface area contributed by atoms with E-state index in [4.69, 9.17) is 4.42 Å². The zero-order valence-corrected chi connectivity index (χ0v) is 26.6. The molecular formula is C46H30N2O. The zero-order valence-electron chi connectivity index (χ0n) is 26.6. The molecule has 0 unspecified atom stereocenters. The molecule has 0 aliphatic rings. The van der Waals surface area contributed by atoms with E-state index in [9.17, 15) is 0 Å². The van der Waals surface area contributed by atoms with Gasteiger partial charge in [-0.1, -0.05) is 103 Å². The van der Waals surface area contributed by atoms with Crippen LogP contribution in [0.25, 0.3) is 71.3 Å². The maximum atomic E-state index is 6.36. The molecule has 0 spiro atoms. The van der Waals surface area contributed by atoms with E-state index in [-0.39, 0.29) is 0 Å². The number of fused-ring (bicyclic) bond motifs is 7. The maximum Gasteiger partial charge on any atom is 0.137 e.